The fourth-order valence-electron chi connectivity index (χ4n) is 9.00. The highest BCUT2D eigenvalue weighted by molar-refractivity contribution is 8.00. The molecule has 0 fully saturated rings. The first-order valence-electron chi connectivity index (χ1n) is 34.8. The molecule has 11 aromatic carbocycles. The third-order valence-corrected chi connectivity index (χ3v) is 22.5. The molecule has 0 saturated heterocycles. The number of carboxylic acid groups (broad SMARTS) is 10. The normalized spacial score (nSPS) is 10.3. The van der Waals surface area contributed by atoms with Crippen LogP contribution in [0.1, 0.15) is 71.6 Å². The van der Waals surface area contributed by atoms with Crippen LogP contribution < -0.4 is 20.8 Å². The molecule has 2 unspecified atom stereocenters. The monoisotopic (exact) mass is 1750 g/mol. The molecule has 11 rings (SSSR count). The van der Waals surface area contributed by atoms with Gasteiger partial charge < -0.3 is 60.8 Å². The Morgan fingerprint density at radius 3 is 1.16 bits per heavy atom. The topological polar surface area (TPSA) is 479 Å². The van der Waals surface area contributed by atoms with Gasteiger partial charge in [0.2, 0.25) is 0 Å². The number of carbonyl (C=O) groups is 12. The average molecular weight is 1750 g/mol. The second-order valence-electron chi connectivity index (χ2n) is 22.9. The Morgan fingerprint density at radius 2 is 0.800 bits per heavy atom. The second kappa shape index (κ2) is 58.5. The van der Waals surface area contributed by atoms with Gasteiger partial charge in [0.1, 0.15) is 25.0 Å². The SMILES string of the molecule is CCC(=O)O.CS(=O)c1ccccc1C(=O)O.CSc1ccccc1C(=O)O.O=C(O)CN(c1ccccc1)c1ccccc1.O=C(O)CS(=O)(=O)c1ccccc1.O=C(O)CS(=O)c1ccccc1.O=C(O)CSc1ccccc1.O=C(O)c1ccccc1P(c1ccccc1)c1ccccc1.O=CCC(=O)O.O=Cc1ccccc1C(=O)O. The summed E-state index contributed by atoms with van der Waals surface area (Å²) in [5.41, 5.74) is 2.87. The third kappa shape index (κ3) is 42.0. The van der Waals surface area contributed by atoms with Gasteiger partial charge >= 0.3 is 59.7 Å². The van der Waals surface area contributed by atoms with E-state index in [1.165, 1.54) is 60.1 Å². The van der Waals surface area contributed by atoms with E-state index in [2.05, 4.69) is 24.3 Å². The van der Waals surface area contributed by atoms with Gasteiger partial charge in [0.15, 0.2) is 21.9 Å². The molecule has 33 heteroatoms. The Hall–Kier alpha value is -13.4. The highest BCUT2D eigenvalue weighted by Gasteiger charge is 2.23. The van der Waals surface area contributed by atoms with Gasteiger partial charge in [0.05, 0.1) is 59.4 Å². The van der Waals surface area contributed by atoms with Crippen molar-refractivity contribution in [2.45, 2.75) is 44.2 Å². The fraction of sp³-hybridized carbons (Fsp3) is 0.103. The summed E-state index contributed by atoms with van der Waals surface area (Å²) in [5, 5.41) is 88.0. The van der Waals surface area contributed by atoms with Gasteiger partial charge in [-0.25, -0.2) is 27.6 Å². The molecule has 0 aliphatic rings. The largest absolute Gasteiger partial charge is 0.481 e. The van der Waals surface area contributed by atoms with Crippen LogP contribution in [0.25, 0.3) is 0 Å². The van der Waals surface area contributed by atoms with Crippen molar-refractivity contribution >= 4 is 162 Å². The molecule has 0 aliphatic carbocycles. The Morgan fingerprint density at radius 1 is 0.417 bits per heavy atom. The van der Waals surface area contributed by atoms with E-state index in [-0.39, 0.29) is 52.5 Å². The highest BCUT2D eigenvalue weighted by Crippen LogP contribution is 2.34. The fourth-order valence-corrected chi connectivity index (χ4v) is 15.3. The van der Waals surface area contributed by atoms with E-state index in [1.54, 1.807) is 121 Å². The molecule has 10 N–H and O–H groups in total. The number of carbonyl (C=O) groups excluding carboxylic acids is 2. The summed E-state index contributed by atoms with van der Waals surface area (Å²) in [4.78, 5) is 127. The first-order chi connectivity index (χ1) is 57.2. The van der Waals surface area contributed by atoms with Crippen LogP contribution in [0.5, 0.6) is 0 Å². The molecular weight excluding hydrogens is 1670 g/mol. The number of carboxylic acids is 10. The molecule has 0 bridgehead atoms. The van der Waals surface area contributed by atoms with Crippen molar-refractivity contribution in [3.63, 3.8) is 0 Å². The first kappa shape index (κ1) is 103. The molecule has 628 valence electrons. The lowest BCUT2D eigenvalue weighted by Gasteiger charge is -2.22. The summed E-state index contributed by atoms with van der Waals surface area (Å²) >= 11 is 2.77. The minimum absolute atomic E-state index is 0.0393. The van der Waals surface area contributed by atoms with E-state index in [1.807, 2.05) is 152 Å². The number of aliphatic carboxylic acids is 6. The molecular formula is C87H84NO26PS5. The van der Waals surface area contributed by atoms with Gasteiger partial charge in [0, 0.05) is 44.3 Å². The second-order valence-corrected chi connectivity index (χ2v) is 31.8. The molecule has 0 aliphatic heterocycles. The van der Waals surface area contributed by atoms with Crippen LogP contribution in [0.2, 0.25) is 0 Å². The first-order valence-corrected chi connectivity index (χ1v) is 42.8. The van der Waals surface area contributed by atoms with Gasteiger partial charge in [0.25, 0.3) is 0 Å². The van der Waals surface area contributed by atoms with Gasteiger partial charge in [-0.3, -0.25) is 42.0 Å². The van der Waals surface area contributed by atoms with Gasteiger partial charge in [-0.05, 0) is 127 Å². The van der Waals surface area contributed by atoms with Gasteiger partial charge in [-0.2, -0.15) is 0 Å². The average Bonchev–Trinajstić information content (AvgIpc) is 0.796. The summed E-state index contributed by atoms with van der Waals surface area (Å²) in [7, 11) is -7.19. The van der Waals surface area contributed by atoms with E-state index in [0.717, 1.165) is 37.1 Å². The predicted octanol–water partition coefficient (Wildman–Crippen LogP) is 13.9. The van der Waals surface area contributed by atoms with Crippen molar-refractivity contribution in [2.24, 2.45) is 0 Å². The molecule has 120 heavy (non-hydrogen) atoms. The summed E-state index contributed by atoms with van der Waals surface area (Å²) in [6.07, 6.45) is 4.04. The Labute approximate surface area is 705 Å². The molecule has 0 spiro atoms. The molecule has 0 aromatic heterocycles. The summed E-state index contributed by atoms with van der Waals surface area (Å²) in [6, 6.07) is 91.4. The van der Waals surface area contributed by atoms with E-state index in [0.29, 0.717) is 33.5 Å². The van der Waals surface area contributed by atoms with Crippen LogP contribution in [0.15, 0.2) is 334 Å². The minimum Gasteiger partial charge on any atom is -0.481 e. The number of sulfone groups is 1. The maximum Gasteiger partial charge on any atom is 0.336 e. The van der Waals surface area contributed by atoms with Crippen LogP contribution in [-0.4, -0.2) is 176 Å². The number of hydrogen-bond acceptors (Lipinski definition) is 19. The van der Waals surface area contributed by atoms with Crippen molar-refractivity contribution in [1.29, 1.82) is 0 Å². The van der Waals surface area contributed by atoms with Crippen molar-refractivity contribution in [2.75, 3.05) is 41.2 Å². The van der Waals surface area contributed by atoms with Gasteiger partial charge in [-0.15, -0.1) is 23.5 Å². The number of thioether (sulfide) groups is 2. The summed E-state index contributed by atoms with van der Waals surface area (Å²) in [5.74, 6) is -10.8. The van der Waals surface area contributed by atoms with Crippen molar-refractivity contribution in [3.8, 4) is 0 Å². The summed E-state index contributed by atoms with van der Waals surface area (Å²) < 4.78 is 44.7. The number of rotatable bonds is 26. The van der Waals surface area contributed by atoms with Crippen LogP contribution >= 0.6 is 31.4 Å². The van der Waals surface area contributed by atoms with E-state index < -0.39 is 105 Å². The maximum absolute atomic E-state index is 11.6. The molecule has 0 amide bonds. The Kier molecular flexibility index (Phi) is 50.1. The van der Waals surface area contributed by atoms with E-state index in [9.17, 15) is 79.5 Å². The number of nitrogens with zero attached hydrogens (tertiary/aromatic N) is 1. The molecule has 11 aromatic rings. The standard InChI is InChI=1S/C19H15O2P.C14H13NO2.C8H8O4S.2C8H8O3S.C8H6O3.2C8H8O2S.C3H4O3.C3H6O2/c20-19(21)17-13-7-8-14-18(17)22(15-9-3-1-4-10-15)16-11-5-2-6-12-16;16-14(17)11-15(12-7-3-1-4-8-12)13-9-5-2-6-10-13;9-8(10)6-13(11,12)7-4-2-1-3-5-7;1-12(11)7-5-3-2-4-6(7)8(9)10;9-8(10)6-12(11)7-4-2-1-3-5-7;9-5-6-3-1-2-4-7(6)8(10)11;1-11-7-5-3-2-4-6(7)8(9)10;9-8(10)6-11-7-4-2-1-3-5-7;4-2-1-3(5)6;1-2-3(4)5/h1-14H,(H,20,21);1-10H,11H2,(H,16,17);1-5H,6H2,(H,9,10);2-5H,1H3,(H,9,10);1-5H,6H2,(H,9,10);1-5H,(H,10,11);2-5H,1H3,(H,9,10);1-5H,6H2,(H,9,10);2H,1H2,(H,5,6);2H2,1H3,(H,4,5). The number of benzene rings is 11. The van der Waals surface area contributed by atoms with E-state index >= 15 is 0 Å². The molecule has 0 radical (unpaired) electrons. The highest BCUT2D eigenvalue weighted by atomic mass is 32.2. The van der Waals surface area contributed by atoms with Crippen molar-refractivity contribution < 1.29 is 125 Å². The quantitative estimate of drug-likeness (QED) is 0.0104. The molecule has 0 saturated carbocycles. The van der Waals surface area contributed by atoms with Crippen molar-refractivity contribution in [3.05, 3.63) is 337 Å². The lowest BCUT2D eigenvalue weighted by atomic mass is 10.1. The third-order valence-electron chi connectivity index (χ3n) is 14.3. The Balaban J connectivity index is 0.000000462. The maximum atomic E-state index is 11.6. The number of para-hydroxylation sites is 2. The number of anilines is 2. The smallest absolute Gasteiger partial charge is 0.336 e. The number of aldehydes is 2. The zero-order chi connectivity index (χ0) is 89.4. The van der Waals surface area contributed by atoms with E-state index in [4.69, 9.17) is 46.0 Å². The zero-order valence-corrected chi connectivity index (χ0v) is 69.3. The minimum atomic E-state index is -3.66. The Bertz CT molecular complexity index is 5110. The van der Waals surface area contributed by atoms with Crippen molar-refractivity contribution in [1.82, 2.24) is 0 Å². The summed E-state index contributed by atoms with van der Waals surface area (Å²) in [6.45, 7) is 1.55. The molecule has 2 atom stereocenters. The zero-order valence-electron chi connectivity index (χ0n) is 64.3. The van der Waals surface area contributed by atoms with Crippen LogP contribution in [-0.2, 0) is 65.0 Å². The van der Waals surface area contributed by atoms with Gasteiger partial charge in [-0.1, -0.05) is 219 Å². The number of hydrogen-bond donors (Lipinski definition) is 10. The molecule has 0 heterocycles. The van der Waals surface area contributed by atoms with Crippen LogP contribution in [0.3, 0.4) is 0 Å². The lowest BCUT2D eigenvalue weighted by molar-refractivity contribution is -0.139. The predicted molar refractivity (Wildman–Crippen MR) is 462 cm³/mol. The lowest BCUT2D eigenvalue weighted by Crippen LogP contribution is -2.24. The number of aromatic carboxylic acids is 4. The molecule has 27 nitrogen and oxygen atoms in total. The van der Waals surface area contributed by atoms with Crippen LogP contribution in [0, 0.1) is 0 Å². The van der Waals surface area contributed by atoms with Crippen LogP contribution in [0.4, 0.5) is 11.4 Å².